The topological polar surface area (TPSA) is 64.4 Å². The smallest absolute Gasteiger partial charge is 0.223 e. The van der Waals surface area contributed by atoms with Gasteiger partial charge in [0.25, 0.3) is 0 Å². The summed E-state index contributed by atoms with van der Waals surface area (Å²) in [5, 5.41) is 3.02. The van der Waals surface area contributed by atoms with E-state index in [1.54, 1.807) is 0 Å². The number of carbonyl (C=O) groups excluding carboxylic acids is 1. The molecule has 0 saturated heterocycles. The number of amides is 1. The first-order valence-electron chi connectivity index (χ1n) is 8.56. The predicted molar refractivity (Wildman–Crippen MR) is 94.7 cm³/mol. The third kappa shape index (κ3) is 4.59. The summed E-state index contributed by atoms with van der Waals surface area (Å²) in [6.07, 6.45) is 3.83. The Morgan fingerprint density at radius 1 is 1.04 bits per heavy atom. The van der Waals surface area contributed by atoms with Gasteiger partial charge in [-0.05, 0) is 49.1 Å². The number of nitrogens with one attached hydrogen (secondary N) is 1. The lowest BCUT2D eigenvalue weighted by atomic mass is 9.85. The maximum Gasteiger partial charge on any atom is 0.223 e. The molecule has 0 spiro atoms. The van der Waals surface area contributed by atoms with E-state index >= 15 is 0 Å². The quantitative estimate of drug-likeness (QED) is 0.883. The van der Waals surface area contributed by atoms with Gasteiger partial charge in [0.2, 0.25) is 5.91 Å². The molecule has 3 rings (SSSR count). The van der Waals surface area contributed by atoms with Crippen LogP contribution in [0.1, 0.15) is 31.2 Å². The summed E-state index contributed by atoms with van der Waals surface area (Å²) in [5.41, 5.74) is 7.02. The molecule has 2 aromatic rings. The standard InChI is InChI=1S/C20H24N2O2/c21-17-6-4-5-16(13-17)20(23)22-14-15-9-11-19(12-10-15)24-18-7-2-1-3-8-18/h1-3,7-12,16-17H,4-6,13-14,21H2,(H,22,23). The van der Waals surface area contributed by atoms with Crippen LogP contribution in [-0.2, 0) is 11.3 Å². The minimum atomic E-state index is 0.0643. The Labute approximate surface area is 143 Å². The monoisotopic (exact) mass is 324 g/mol. The van der Waals surface area contributed by atoms with E-state index in [2.05, 4.69) is 5.32 Å². The molecular formula is C20H24N2O2. The summed E-state index contributed by atoms with van der Waals surface area (Å²) in [7, 11) is 0. The second-order valence-corrected chi connectivity index (χ2v) is 6.40. The molecule has 1 aliphatic rings. The zero-order valence-electron chi connectivity index (χ0n) is 13.8. The molecule has 0 aliphatic heterocycles. The fraction of sp³-hybridized carbons (Fsp3) is 0.350. The highest BCUT2D eigenvalue weighted by Gasteiger charge is 2.24. The Balaban J connectivity index is 1.50. The van der Waals surface area contributed by atoms with Gasteiger partial charge >= 0.3 is 0 Å². The van der Waals surface area contributed by atoms with Crippen LogP contribution >= 0.6 is 0 Å². The highest BCUT2D eigenvalue weighted by Crippen LogP contribution is 2.24. The summed E-state index contributed by atoms with van der Waals surface area (Å²) in [6.45, 7) is 0.538. The van der Waals surface area contributed by atoms with Gasteiger partial charge < -0.3 is 15.8 Å². The van der Waals surface area contributed by atoms with Gasteiger partial charge in [-0.15, -0.1) is 0 Å². The third-order valence-electron chi connectivity index (χ3n) is 4.45. The lowest BCUT2D eigenvalue weighted by Crippen LogP contribution is -2.37. The number of hydrogen-bond donors (Lipinski definition) is 2. The van der Waals surface area contributed by atoms with E-state index in [9.17, 15) is 4.79 Å². The lowest BCUT2D eigenvalue weighted by Gasteiger charge is -2.25. The van der Waals surface area contributed by atoms with Gasteiger partial charge in [-0.2, -0.15) is 0 Å². The molecule has 126 valence electrons. The molecule has 4 nitrogen and oxygen atoms in total. The Morgan fingerprint density at radius 2 is 1.75 bits per heavy atom. The van der Waals surface area contributed by atoms with Crippen molar-refractivity contribution in [3.63, 3.8) is 0 Å². The summed E-state index contributed by atoms with van der Waals surface area (Å²) < 4.78 is 5.76. The number of nitrogens with two attached hydrogens (primary N) is 1. The van der Waals surface area contributed by atoms with Crippen molar-refractivity contribution >= 4 is 5.91 Å². The van der Waals surface area contributed by atoms with Crippen molar-refractivity contribution in [2.75, 3.05) is 0 Å². The maximum atomic E-state index is 12.2. The van der Waals surface area contributed by atoms with Crippen LogP contribution in [0.2, 0.25) is 0 Å². The van der Waals surface area contributed by atoms with Crippen molar-refractivity contribution in [1.29, 1.82) is 0 Å². The number of rotatable bonds is 5. The van der Waals surface area contributed by atoms with Gasteiger partial charge in [-0.3, -0.25) is 4.79 Å². The molecule has 2 atom stereocenters. The lowest BCUT2D eigenvalue weighted by molar-refractivity contribution is -0.126. The van der Waals surface area contributed by atoms with Crippen LogP contribution in [0, 0.1) is 5.92 Å². The molecule has 4 heteroatoms. The Morgan fingerprint density at radius 3 is 2.46 bits per heavy atom. The molecule has 0 bridgehead atoms. The molecule has 0 aromatic heterocycles. The highest BCUT2D eigenvalue weighted by molar-refractivity contribution is 5.78. The van der Waals surface area contributed by atoms with E-state index in [4.69, 9.17) is 10.5 Å². The molecular weight excluding hydrogens is 300 g/mol. The van der Waals surface area contributed by atoms with Crippen LogP contribution in [0.5, 0.6) is 11.5 Å². The van der Waals surface area contributed by atoms with Gasteiger partial charge in [0.1, 0.15) is 11.5 Å². The molecule has 2 unspecified atom stereocenters. The van der Waals surface area contributed by atoms with E-state index in [1.807, 2.05) is 54.6 Å². The summed E-state index contributed by atoms with van der Waals surface area (Å²) in [6, 6.07) is 17.6. The van der Waals surface area contributed by atoms with Crippen LogP contribution < -0.4 is 15.8 Å². The fourth-order valence-corrected chi connectivity index (χ4v) is 3.10. The number of para-hydroxylation sites is 1. The Bertz CT molecular complexity index is 655. The maximum absolute atomic E-state index is 12.2. The van der Waals surface area contributed by atoms with Gasteiger partial charge in [-0.25, -0.2) is 0 Å². The Hall–Kier alpha value is -2.33. The van der Waals surface area contributed by atoms with E-state index in [-0.39, 0.29) is 17.9 Å². The van der Waals surface area contributed by atoms with Crippen molar-refractivity contribution in [2.24, 2.45) is 11.7 Å². The van der Waals surface area contributed by atoms with E-state index < -0.39 is 0 Å². The van der Waals surface area contributed by atoms with Gasteiger partial charge in [0.05, 0.1) is 0 Å². The molecule has 1 aliphatic carbocycles. The first-order valence-corrected chi connectivity index (χ1v) is 8.56. The summed E-state index contributed by atoms with van der Waals surface area (Å²) in [4.78, 5) is 12.2. The average Bonchev–Trinajstić information content (AvgIpc) is 2.62. The summed E-state index contributed by atoms with van der Waals surface area (Å²) >= 11 is 0. The van der Waals surface area contributed by atoms with Crippen LogP contribution in [-0.4, -0.2) is 11.9 Å². The van der Waals surface area contributed by atoms with Gasteiger partial charge in [0, 0.05) is 18.5 Å². The molecule has 2 aromatic carbocycles. The minimum Gasteiger partial charge on any atom is -0.457 e. The minimum absolute atomic E-state index is 0.0643. The van der Waals surface area contributed by atoms with Crippen molar-refractivity contribution in [2.45, 2.75) is 38.3 Å². The Kier molecular flexibility index (Phi) is 5.49. The average molecular weight is 324 g/mol. The van der Waals surface area contributed by atoms with Gasteiger partial charge in [-0.1, -0.05) is 36.8 Å². The molecule has 0 heterocycles. The van der Waals surface area contributed by atoms with Crippen molar-refractivity contribution < 1.29 is 9.53 Å². The number of benzene rings is 2. The fourth-order valence-electron chi connectivity index (χ4n) is 3.10. The van der Waals surface area contributed by atoms with E-state index in [1.165, 1.54) is 0 Å². The highest BCUT2D eigenvalue weighted by atomic mass is 16.5. The largest absolute Gasteiger partial charge is 0.457 e. The molecule has 1 amide bonds. The first kappa shape index (κ1) is 16.5. The normalized spacial score (nSPS) is 20.4. The second kappa shape index (κ2) is 7.97. The van der Waals surface area contributed by atoms with Crippen molar-refractivity contribution in [1.82, 2.24) is 5.32 Å². The van der Waals surface area contributed by atoms with Crippen LogP contribution in [0.4, 0.5) is 0 Å². The SMILES string of the molecule is NC1CCCC(C(=O)NCc2ccc(Oc3ccccc3)cc2)C1. The zero-order chi connectivity index (χ0) is 16.8. The zero-order valence-corrected chi connectivity index (χ0v) is 13.8. The molecule has 3 N–H and O–H groups in total. The van der Waals surface area contributed by atoms with Crippen LogP contribution in [0.15, 0.2) is 54.6 Å². The van der Waals surface area contributed by atoms with E-state index in [0.29, 0.717) is 6.54 Å². The second-order valence-electron chi connectivity index (χ2n) is 6.40. The number of ether oxygens (including phenoxy) is 1. The first-order chi connectivity index (χ1) is 11.7. The van der Waals surface area contributed by atoms with E-state index in [0.717, 1.165) is 42.7 Å². The van der Waals surface area contributed by atoms with Crippen LogP contribution in [0.25, 0.3) is 0 Å². The van der Waals surface area contributed by atoms with Crippen molar-refractivity contribution in [3.05, 3.63) is 60.2 Å². The predicted octanol–water partition coefficient (Wildman–Crippen LogP) is 3.61. The summed E-state index contributed by atoms with van der Waals surface area (Å²) in [5.74, 6) is 1.78. The number of hydrogen-bond acceptors (Lipinski definition) is 3. The molecule has 0 radical (unpaired) electrons. The molecule has 24 heavy (non-hydrogen) atoms. The molecule has 1 saturated carbocycles. The number of carbonyl (C=O) groups is 1. The third-order valence-corrected chi connectivity index (χ3v) is 4.45. The van der Waals surface area contributed by atoms with Gasteiger partial charge in [0.15, 0.2) is 0 Å². The van der Waals surface area contributed by atoms with Crippen LogP contribution in [0.3, 0.4) is 0 Å². The molecule has 1 fully saturated rings. The van der Waals surface area contributed by atoms with Crippen molar-refractivity contribution in [3.8, 4) is 11.5 Å².